The minimum Gasteiger partial charge on any atom is -0.302 e. The van der Waals surface area contributed by atoms with Crippen molar-refractivity contribution in [2.75, 3.05) is 31.1 Å². The van der Waals surface area contributed by atoms with E-state index in [2.05, 4.69) is 15.2 Å². The van der Waals surface area contributed by atoms with E-state index in [1.807, 2.05) is 30.3 Å². The highest BCUT2D eigenvalue weighted by atomic mass is 16.2. The van der Waals surface area contributed by atoms with E-state index < -0.39 is 23.8 Å². The lowest BCUT2D eigenvalue weighted by molar-refractivity contribution is -0.131. The third-order valence-corrected chi connectivity index (χ3v) is 5.46. The number of anilines is 1. The standard InChI is InChI=1S/C22H24N4O3/c27-20-18(15-23-11-14-25-12-4-1-5-13-25)21(28)26(22(29)24-20)19-10-6-8-16-7-2-3-9-17(16)19/h2-3,6-10,15,18H,1,4-5,11-14H2,(H,24,27,29)/t18-/m0/s1. The van der Waals surface area contributed by atoms with Gasteiger partial charge in [0, 0.05) is 18.1 Å². The first-order valence-electron chi connectivity index (χ1n) is 10.0. The topological polar surface area (TPSA) is 82.1 Å². The second-order valence-electron chi connectivity index (χ2n) is 7.40. The molecular weight excluding hydrogens is 368 g/mol. The van der Waals surface area contributed by atoms with Crippen LogP contribution < -0.4 is 10.2 Å². The number of carbonyl (C=O) groups excluding carboxylic acids is 3. The molecule has 2 saturated heterocycles. The van der Waals surface area contributed by atoms with Crippen molar-refractivity contribution in [3.05, 3.63) is 42.5 Å². The maximum Gasteiger partial charge on any atom is 0.335 e. The predicted octanol–water partition coefficient (Wildman–Crippen LogP) is 2.60. The quantitative estimate of drug-likeness (QED) is 0.626. The number of hydrogen-bond donors (Lipinski definition) is 1. The number of piperidine rings is 1. The van der Waals surface area contributed by atoms with E-state index in [0.29, 0.717) is 12.2 Å². The lowest BCUT2D eigenvalue weighted by atomic mass is 10.0. The third-order valence-electron chi connectivity index (χ3n) is 5.46. The van der Waals surface area contributed by atoms with Crippen LogP contribution in [0.1, 0.15) is 19.3 Å². The Morgan fingerprint density at radius 1 is 1.00 bits per heavy atom. The van der Waals surface area contributed by atoms with Gasteiger partial charge in [-0.15, -0.1) is 0 Å². The molecule has 0 aliphatic carbocycles. The molecule has 150 valence electrons. The Hall–Kier alpha value is -3.06. The molecule has 1 atom stereocenters. The first-order valence-corrected chi connectivity index (χ1v) is 10.0. The van der Waals surface area contributed by atoms with Gasteiger partial charge in [-0.3, -0.25) is 19.9 Å². The fraction of sp³-hybridized carbons (Fsp3) is 0.364. The van der Waals surface area contributed by atoms with Crippen molar-refractivity contribution in [1.82, 2.24) is 10.2 Å². The number of imide groups is 2. The van der Waals surface area contributed by atoms with Gasteiger partial charge in [0.25, 0.3) is 5.91 Å². The molecule has 0 unspecified atom stereocenters. The van der Waals surface area contributed by atoms with Crippen LogP contribution in [0.15, 0.2) is 47.5 Å². The Bertz CT molecular complexity index is 960. The van der Waals surface area contributed by atoms with Crippen LogP contribution in [-0.4, -0.2) is 55.1 Å². The maximum absolute atomic E-state index is 13.0. The van der Waals surface area contributed by atoms with E-state index in [1.54, 1.807) is 12.1 Å². The Morgan fingerprint density at radius 2 is 1.76 bits per heavy atom. The molecule has 0 radical (unpaired) electrons. The van der Waals surface area contributed by atoms with Gasteiger partial charge in [0.2, 0.25) is 5.91 Å². The number of carbonyl (C=O) groups is 3. The van der Waals surface area contributed by atoms with Gasteiger partial charge >= 0.3 is 6.03 Å². The number of urea groups is 1. The van der Waals surface area contributed by atoms with Crippen LogP contribution in [0.2, 0.25) is 0 Å². The summed E-state index contributed by atoms with van der Waals surface area (Å²) in [7, 11) is 0. The molecule has 4 amide bonds. The molecule has 0 bridgehead atoms. The molecular formula is C22H24N4O3. The van der Waals surface area contributed by atoms with Gasteiger partial charge in [-0.05, 0) is 37.4 Å². The van der Waals surface area contributed by atoms with Crippen LogP contribution >= 0.6 is 0 Å². The van der Waals surface area contributed by atoms with Crippen molar-refractivity contribution in [1.29, 1.82) is 0 Å². The number of hydrogen-bond acceptors (Lipinski definition) is 5. The summed E-state index contributed by atoms with van der Waals surface area (Å²) in [6.07, 6.45) is 5.06. The van der Waals surface area contributed by atoms with Crippen LogP contribution in [0, 0.1) is 5.92 Å². The number of amides is 4. The molecule has 2 fully saturated rings. The smallest absolute Gasteiger partial charge is 0.302 e. The van der Waals surface area contributed by atoms with Crippen molar-refractivity contribution in [3.8, 4) is 0 Å². The van der Waals surface area contributed by atoms with Crippen molar-refractivity contribution in [2.45, 2.75) is 19.3 Å². The summed E-state index contributed by atoms with van der Waals surface area (Å²) in [6, 6.07) is 12.2. The zero-order valence-corrected chi connectivity index (χ0v) is 16.2. The summed E-state index contributed by atoms with van der Waals surface area (Å²) in [5.74, 6) is -2.30. The molecule has 1 N–H and O–H groups in total. The second-order valence-corrected chi connectivity index (χ2v) is 7.40. The number of likely N-dealkylation sites (tertiary alicyclic amines) is 1. The van der Waals surface area contributed by atoms with Gasteiger partial charge in [-0.25, -0.2) is 9.69 Å². The zero-order chi connectivity index (χ0) is 20.2. The summed E-state index contributed by atoms with van der Waals surface area (Å²) >= 11 is 0. The van der Waals surface area contributed by atoms with Crippen LogP contribution in [0.4, 0.5) is 10.5 Å². The summed E-state index contributed by atoms with van der Waals surface area (Å²) in [6.45, 7) is 3.48. The molecule has 7 heteroatoms. The summed E-state index contributed by atoms with van der Waals surface area (Å²) in [4.78, 5) is 45.5. The first kappa shape index (κ1) is 19.3. The Labute approximate surface area is 169 Å². The number of nitrogens with zero attached hydrogens (tertiary/aromatic N) is 3. The Balaban J connectivity index is 1.52. The molecule has 4 rings (SSSR count). The van der Waals surface area contributed by atoms with E-state index in [9.17, 15) is 14.4 Å². The Morgan fingerprint density at radius 3 is 2.59 bits per heavy atom. The van der Waals surface area contributed by atoms with Crippen molar-refractivity contribution in [2.24, 2.45) is 10.9 Å². The third kappa shape index (κ3) is 4.05. The maximum atomic E-state index is 13.0. The van der Waals surface area contributed by atoms with Crippen molar-refractivity contribution in [3.63, 3.8) is 0 Å². The van der Waals surface area contributed by atoms with Gasteiger partial charge in [0.15, 0.2) is 5.92 Å². The molecule has 2 aromatic carbocycles. The normalized spacial score (nSPS) is 21.2. The van der Waals surface area contributed by atoms with Crippen molar-refractivity contribution >= 4 is 40.5 Å². The van der Waals surface area contributed by atoms with E-state index in [1.165, 1.54) is 25.5 Å². The van der Waals surface area contributed by atoms with Crippen LogP contribution in [0.5, 0.6) is 0 Å². The lowest BCUT2D eigenvalue weighted by Crippen LogP contribution is -2.58. The van der Waals surface area contributed by atoms with Crippen molar-refractivity contribution < 1.29 is 14.4 Å². The van der Waals surface area contributed by atoms with E-state index >= 15 is 0 Å². The molecule has 2 aliphatic heterocycles. The zero-order valence-electron chi connectivity index (χ0n) is 16.2. The highest BCUT2D eigenvalue weighted by Crippen LogP contribution is 2.29. The lowest BCUT2D eigenvalue weighted by Gasteiger charge is -2.29. The molecule has 2 aromatic rings. The highest BCUT2D eigenvalue weighted by molar-refractivity contribution is 6.33. The number of nitrogens with one attached hydrogen (secondary N) is 1. The number of benzene rings is 2. The van der Waals surface area contributed by atoms with Gasteiger partial charge < -0.3 is 4.90 Å². The van der Waals surface area contributed by atoms with E-state index in [0.717, 1.165) is 35.3 Å². The summed E-state index contributed by atoms with van der Waals surface area (Å²) in [5, 5.41) is 3.97. The average Bonchev–Trinajstić information content (AvgIpc) is 2.74. The summed E-state index contributed by atoms with van der Waals surface area (Å²) < 4.78 is 0. The van der Waals surface area contributed by atoms with E-state index in [4.69, 9.17) is 0 Å². The number of barbiturate groups is 1. The fourth-order valence-electron chi connectivity index (χ4n) is 3.92. The molecule has 0 aromatic heterocycles. The largest absolute Gasteiger partial charge is 0.335 e. The molecule has 2 aliphatic rings. The van der Waals surface area contributed by atoms with Crippen LogP contribution in [-0.2, 0) is 9.59 Å². The van der Waals surface area contributed by atoms with Gasteiger partial charge in [-0.1, -0.05) is 42.8 Å². The van der Waals surface area contributed by atoms with Crippen LogP contribution in [0.3, 0.4) is 0 Å². The Kier molecular flexibility index (Phi) is 5.67. The molecule has 0 saturated carbocycles. The number of rotatable bonds is 5. The fourth-order valence-corrected chi connectivity index (χ4v) is 3.92. The molecule has 2 heterocycles. The number of aliphatic imine (C=N–C) groups is 1. The van der Waals surface area contributed by atoms with Gasteiger partial charge in [0.05, 0.1) is 12.2 Å². The molecule has 7 nitrogen and oxygen atoms in total. The predicted molar refractivity (Wildman–Crippen MR) is 112 cm³/mol. The summed E-state index contributed by atoms with van der Waals surface area (Å²) in [5.41, 5.74) is 0.463. The second kappa shape index (κ2) is 8.53. The average molecular weight is 392 g/mol. The SMILES string of the molecule is O=C1NC(=O)N(c2cccc3ccccc23)C(=O)[C@H]1C=NCCN1CCCCC1. The van der Waals surface area contributed by atoms with Crippen LogP contribution in [0.25, 0.3) is 10.8 Å². The molecule has 29 heavy (non-hydrogen) atoms. The monoisotopic (exact) mass is 392 g/mol. The van der Waals surface area contributed by atoms with Gasteiger partial charge in [0.1, 0.15) is 0 Å². The highest BCUT2D eigenvalue weighted by Gasteiger charge is 2.40. The first-order chi connectivity index (χ1) is 14.1. The van der Waals surface area contributed by atoms with Gasteiger partial charge in [-0.2, -0.15) is 0 Å². The van der Waals surface area contributed by atoms with E-state index in [-0.39, 0.29) is 0 Å². The minimum atomic E-state index is -1.10. The molecule has 0 spiro atoms. The number of fused-ring (bicyclic) bond motifs is 1. The minimum absolute atomic E-state index is 0.463.